The third-order valence-corrected chi connectivity index (χ3v) is 4.57. The van der Waals surface area contributed by atoms with Crippen LogP contribution in [0.5, 0.6) is 0 Å². The molecular formula is C18H34O3S. The topological polar surface area (TPSA) is 54.4 Å². The largest absolute Gasteiger partial charge is 0.480 e. The number of ketones is 1. The average molecular weight is 331 g/mol. The van der Waals surface area contributed by atoms with Gasteiger partial charge in [-0.2, -0.15) is 12.6 Å². The molecule has 0 aliphatic rings. The van der Waals surface area contributed by atoms with E-state index in [1.165, 1.54) is 64.2 Å². The zero-order chi connectivity index (χ0) is 16.6. The van der Waals surface area contributed by atoms with E-state index in [1.54, 1.807) is 0 Å². The van der Waals surface area contributed by atoms with Gasteiger partial charge >= 0.3 is 5.97 Å². The summed E-state index contributed by atoms with van der Waals surface area (Å²) in [5.41, 5.74) is 0. The van der Waals surface area contributed by atoms with Crippen molar-refractivity contribution >= 4 is 24.4 Å². The van der Waals surface area contributed by atoms with Crippen LogP contribution in [0.2, 0.25) is 0 Å². The molecule has 0 aliphatic heterocycles. The van der Waals surface area contributed by atoms with Crippen LogP contribution in [-0.2, 0) is 9.59 Å². The van der Waals surface area contributed by atoms with E-state index >= 15 is 0 Å². The predicted octanol–water partition coefficient (Wildman–Crippen LogP) is 5.42. The van der Waals surface area contributed by atoms with Crippen LogP contribution in [0.25, 0.3) is 0 Å². The van der Waals surface area contributed by atoms with Gasteiger partial charge in [0, 0.05) is 6.42 Å². The fourth-order valence-corrected chi connectivity index (χ4v) is 2.72. The molecule has 0 aromatic rings. The minimum absolute atomic E-state index is 0.265. The van der Waals surface area contributed by atoms with E-state index in [-0.39, 0.29) is 5.78 Å². The maximum atomic E-state index is 11.4. The second-order valence-electron chi connectivity index (χ2n) is 6.20. The molecule has 0 saturated carbocycles. The minimum atomic E-state index is -1.14. The number of Topliss-reactive ketones (excluding diaryl/α,β-unsaturated/α-hetero) is 1. The van der Waals surface area contributed by atoms with Crippen molar-refractivity contribution < 1.29 is 14.7 Å². The molecule has 130 valence electrons. The third-order valence-electron chi connectivity index (χ3n) is 4.07. The highest BCUT2D eigenvalue weighted by Crippen LogP contribution is 2.13. The number of hydrogen-bond acceptors (Lipinski definition) is 3. The molecule has 1 N–H and O–H groups in total. The molecule has 0 rings (SSSR count). The number of carboxylic acids is 1. The van der Waals surface area contributed by atoms with Gasteiger partial charge in [0.15, 0.2) is 11.0 Å². The van der Waals surface area contributed by atoms with Crippen molar-refractivity contribution in [3.63, 3.8) is 0 Å². The Bertz CT molecular complexity index is 292. The van der Waals surface area contributed by atoms with E-state index in [0.717, 1.165) is 19.3 Å². The quantitative estimate of drug-likeness (QED) is 0.226. The summed E-state index contributed by atoms with van der Waals surface area (Å²) in [4.78, 5) is 22.0. The summed E-state index contributed by atoms with van der Waals surface area (Å²) in [5, 5.41) is 7.52. The van der Waals surface area contributed by atoms with Crippen molar-refractivity contribution in [2.45, 2.75) is 102 Å². The van der Waals surface area contributed by atoms with E-state index in [0.29, 0.717) is 6.42 Å². The van der Waals surface area contributed by atoms with E-state index in [9.17, 15) is 9.59 Å². The Kier molecular flexibility index (Phi) is 15.0. The second kappa shape index (κ2) is 15.4. The molecular weight excluding hydrogens is 296 g/mol. The van der Waals surface area contributed by atoms with Crippen LogP contribution in [0.15, 0.2) is 0 Å². The van der Waals surface area contributed by atoms with Gasteiger partial charge in [0.1, 0.15) is 0 Å². The number of aliphatic carboxylic acids is 1. The molecule has 1 atom stereocenters. The first-order valence-corrected chi connectivity index (χ1v) is 9.54. The summed E-state index contributed by atoms with van der Waals surface area (Å²) in [5.74, 6) is -1.40. The van der Waals surface area contributed by atoms with Crippen molar-refractivity contribution in [2.24, 2.45) is 0 Å². The van der Waals surface area contributed by atoms with E-state index in [1.807, 2.05) is 0 Å². The molecule has 0 amide bonds. The highest BCUT2D eigenvalue weighted by Gasteiger charge is 2.20. The van der Waals surface area contributed by atoms with Crippen molar-refractivity contribution in [1.82, 2.24) is 0 Å². The zero-order valence-corrected chi connectivity index (χ0v) is 15.1. The molecule has 4 heteroatoms. The van der Waals surface area contributed by atoms with E-state index in [2.05, 4.69) is 19.6 Å². The fraction of sp³-hybridized carbons (Fsp3) is 0.889. The normalized spacial score (nSPS) is 12.3. The van der Waals surface area contributed by atoms with E-state index < -0.39 is 11.2 Å². The Balaban J connectivity index is 3.21. The molecule has 0 aromatic carbocycles. The molecule has 0 bridgehead atoms. The Morgan fingerprint density at radius 1 is 0.773 bits per heavy atom. The smallest absolute Gasteiger partial charge is 0.324 e. The van der Waals surface area contributed by atoms with Crippen LogP contribution in [0.4, 0.5) is 0 Å². The van der Waals surface area contributed by atoms with Crippen LogP contribution >= 0.6 is 12.6 Å². The number of rotatable bonds is 16. The van der Waals surface area contributed by atoms with Crippen molar-refractivity contribution in [2.75, 3.05) is 0 Å². The lowest BCUT2D eigenvalue weighted by molar-refractivity contribution is -0.139. The van der Waals surface area contributed by atoms with Crippen molar-refractivity contribution in [3.05, 3.63) is 0 Å². The summed E-state index contributed by atoms with van der Waals surface area (Å²) >= 11 is 3.79. The highest BCUT2D eigenvalue weighted by molar-refractivity contribution is 7.82. The average Bonchev–Trinajstić information content (AvgIpc) is 2.50. The van der Waals surface area contributed by atoms with Gasteiger partial charge in [0.05, 0.1) is 0 Å². The zero-order valence-electron chi connectivity index (χ0n) is 14.2. The van der Waals surface area contributed by atoms with Crippen LogP contribution < -0.4 is 0 Å². The lowest BCUT2D eigenvalue weighted by Crippen LogP contribution is -2.23. The number of hydrogen-bond donors (Lipinski definition) is 2. The minimum Gasteiger partial charge on any atom is -0.480 e. The molecule has 0 radical (unpaired) electrons. The lowest BCUT2D eigenvalue weighted by atomic mass is 10.0. The molecule has 0 aromatic heterocycles. The van der Waals surface area contributed by atoms with Crippen LogP contribution in [0, 0.1) is 0 Å². The Morgan fingerprint density at radius 2 is 1.14 bits per heavy atom. The number of unbranched alkanes of at least 4 members (excludes halogenated alkanes) is 12. The van der Waals surface area contributed by atoms with Gasteiger partial charge in [-0.1, -0.05) is 84.0 Å². The molecule has 0 saturated heterocycles. The standard InChI is InChI=1S/C18H34O3S/c1-2-3-4-5-6-7-8-9-10-11-12-13-14-15-16(19)17(22)18(20)21/h17,22H,2-15H2,1H3,(H,20,21)/t17-/m0/s1. The lowest BCUT2D eigenvalue weighted by Gasteiger charge is -2.05. The summed E-state index contributed by atoms with van der Waals surface area (Å²) in [6.45, 7) is 2.25. The Morgan fingerprint density at radius 3 is 1.50 bits per heavy atom. The van der Waals surface area contributed by atoms with Gasteiger partial charge in [0.25, 0.3) is 0 Å². The highest BCUT2D eigenvalue weighted by atomic mass is 32.1. The summed E-state index contributed by atoms with van der Waals surface area (Å²) in [6, 6.07) is 0. The third kappa shape index (κ3) is 13.2. The van der Waals surface area contributed by atoms with Gasteiger partial charge in [-0.25, -0.2) is 0 Å². The maximum Gasteiger partial charge on any atom is 0.324 e. The number of thiol groups is 1. The molecule has 0 aliphatic carbocycles. The predicted molar refractivity (Wildman–Crippen MR) is 95.7 cm³/mol. The number of carbonyl (C=O) groups excluding carboxylic acids is 1. The first-order chi connectivity index (χ1) is 10.6. The van der Waals surface area contributed by atoms with Gasteiger partial charge < -0.3 is 5.11 Å². The van der Waals surface area contributed by atoms with Gasteiger partial charge in [-0.05, 0) is 6.42 Å². The van der Waals surface area contributed by atoms with Gasteiger partial charge in [-0.15, -0.1) is 0 Å². The molecule has 0 fully saturated rings. The van der Waals surface area contributed by atoms with Gasteiger partial charge in [0.2, 0.25) is 0 Å². The monoisotopic (exact) mass is 330 g/mol. The molecule has 0 heterocycles. The van der Waals surface area contributed by atoms with E-state index in [4.69, 9.17) is 5.11 Å². The van der Waals surface area contributed by atoms with Crippen molar-refractivity contribution in [3.8, 4) is 0 Å². The van der Waals surface area contributed by atoms with Crippen LogP contribution in [0.1, 0.15) is 96.8 Å². The fourth-order valence-electron chi connectivity index (χ4n) is 2.59. The first-order valence-electron chi connectivity index (χ1n) is 9.03. The molecule has 0 spiro atoms. The first kappa shape index (κ1) is 21.5. The number of carbonyl (C=O) groups is 2. The number of carboxylic acid groups (broad SMARTS) is 1. The Hall–Kier alpha value is -0.510. The second-order valence-corrected chi connectivity index (χ2v) is 6.72. The van der Waals surface area contributed by atoms with Crippen LogP contribution in [-0.4, -0.2) is 22.1 Å². The SMILES string of the molecule is CCCCCCCCCCCCCCCC(=O)[C@H](S)C(=O)O. The molecule has 3 nitrogen and oxygen atoms in total. The molecule has 0 unspecified atom stereocenters. The Labute approximate surface area is 141 Å². The van der Waals surface area contributed by atoms with Crippen molar-refractivity contribution in [1.29, 1.82) is 0 Å². The summed E-state index contributed by atoms with van der Waals surface area (Å²) in [7, 11) is 0. The van der Waals surface area contributed by atoms with Gasteiger partial charge in [-0.3, -0.25) is 9.59 Å². The summed E-state index contributed by atoms with van der Waals surface area (Å²) < 4.78 is 0. The maximum absolute atomic E-state index is 11.4. The molecule has 22 heavy (non-hydrogen) atoms. The summed E-state index contributed by atoms with van der Waals surface area (Å²) in [6.07, 6.45) is 16.7. The van der Waals surface area contributed by atoms with Crippen LogP contribution in [0.3, 0.4) is 0 Å².